The number of para-hydroxylation sites is 2. The minimum atomic E-state index is 0.642. The molecule has 3 nitrogen and oxygen atoms in total. The second-order valence-electron chi connectivity index (χ2n) is 6.43. The smallest absolute Gasteiger partial charge is 0.122 e. The molecule has 0 bridgehead atoms. The molecule has 23 heavy (non-hydrogen) atoms. The summed E-state index contributed by atoms with van der Waals surface area (Å²) in [7, 11) is 0. The van der Waals surface area contributed by atoms with Crippen molar-refractivity contribution in [3.63, 3.8) is 0 Å². The zero-order chi connectivity index (χ0) is 15.8. The van der Waals surface area contributed by atoms with E-state index >= 15 is 0 Å². The molecule has 0 saturated heterocycles. The Balaban J connectivity index is 1.56. The Morgan fingerprint density at radius 1 is 1.09 bits per heavy atom. The summed E-state index contributed by atoms with van der Waals surface area (Å²) in [5.41, 5.74) is 4.82. The molecular weight excluding hydrogens is 284 g/mol. The van der Waals surface area contributed by atoms with E-state index in [0.717, 1.165) is 17.8 Å². The largest absolute Gasteiger partial charge is 0.491 e. The average molecular weight is 306 g/mol. The molecule has 0 radical (unpaired) electrons. The van der Waals surface area contributed by atoms with Crippen molar-refractivity contribution in [1.29, 1.82) is 0 Å². The maximum absolute atomic E-state index is 6.05. The van der Waals surface area contributed by atoms with E-state index in [0.29, 0.717) is 12.5 Å². The highest BCUT2D eigenvalue weighted by Crippen LogP contribution is 2.40. The van der Waals surface area contributed by atoms with E-state index in [1.54, 1.807) is 0 Å². The highest BCUT2D eigenvalue weighted by atomic mass is 16.5. The van der Waals surface area contributed by atoms with Crippen LogP contribution in [0.1, 0.15) is 35.7 Å². The van der Waals surface area contributed by atoms with Gasteiger partial charge in [-0.25, -0.2) is 4.98 Å². The molecule has 3 aromatic rings. The van der Waals surface area contributed by atoms with Gasteiger partial charge in [-0.3, -0.25) is 0 Å². The number of hydrogen-bond acceptors (Lipinski definition) is 2. The van der Waals surface area contributed by atoms with Gasteiger partial charge in [0.2, 0.25) is 0 Å². The Hall–Kier alpha value is -2.29. The molecule has 0 unspecified atom stereocenters. The molecule has 118 valence electrons. The monoisotopic (exact) mass is 306 g/mol. The van der Waals surface area contributed by atoms with E-state index < -0.39 is 0 Å². The molecule has 0 atom stereocenters. The predicted molar refractivity (Wildman–Crippen MR) is 93.1 cm³/mol. The topological polar surface area (TPSA) is 27.1 Å². The van der Waals surface area contributed by atoms with Gasteiger partial charge in [0.05, 0.1) is 17.6 Å². The van der Waals surface area contributed by atoms with Gasteiger partial charge in [-0.1, -0.05) is 24.3 Å². The van der Waals surface area contributed by atoms with Gasteiger partial charge < -0.3 is 9.30 Å². The van der Waals surface area contributed by atoms with E-state index in [2.05, 4.69) is 60.9 Å². The fourth-order valence-corrected chi connectivity index (χ4v) is 3.11. The maximum Gasteiger partial charge on any atom is 0.122 e. The summed E-state index contributed by atoms with van der Waals surface area (Å²) in [5.74, 6) is 2.86. The number of aromatic nitrogens is 2. The Morgan fingerprint density at radius 2 is 1.91 bits per heavy atom. The lowest BCUT2D eigenvalue weighted by Gasteiger charge is -2.13. The zero-order valence-corrected chi connectivity index (χ0v) is 13.7. The Morgan fingerprint density at radius 3 is 2.74 bits per heavy atom. The quantitative estimate of drug-likeness (QED) is 0.688. The molecular formula is C20H22N2O. The van der Waals surface area contributed by atoms with Crippen molar-refractivity contribution >= 4 is 11.0 Å². The number of rotatable bonds is 5. The summed E-state index contributed by atoms with van der Waals surface area (Å²) in [4.78, 5) is 4.84. The Kier molecular flexibility index (Phi) is 3.56. The molecule has 1 aliphatic rings. The molecule has 1 saturated carbocycles. The summed E-state index contributed by atoms with van der Waals surface area (Å²) < 4.78 is 8.39. The molecule has 0 N–H and O–H groups in total. The minimum absolute atomic E-state index is 0.642. The number of fused-ring (bicyclic) bond motifs is 1. The van der Waals surface area contributed by atoms with Crippen LogP contribution >= 0.6 is 0 Å². The van der Waals surface area contributed by atoms with Crippen molar-refractivity contribution in [2.45, 2.75) is 39.2 Å². The third-order valence-electron chi connectivity index (χ3n) is 4.75. The summed E-state index contributed by atoms with van der Waals surface area (Å²) in [5, 5.41) is 0. The fraction of sp³-hybridized carbons (Fsp3) is 0.350. The van der Waals surface area contributed by atoms with E-state index in [9.17, 15) is 0 Å². The molecule has 0 aliphatic heterocycles. The lowest BCUT2D eigenvalue weighted by Crippen LogP contribution is -2.11. The van der Waals surface area contributed by atoms with Crippen LogP contribution in [0.4, 0.5) is 0 Å². The average Bonchev–Trinajstić information content (AvgIpc) is 3.34. The van der Waals surface area contributed by atoms with Gasteiger partial charge in [0.25, 0.3) is 0 Å². The van der Waals surface area contributed by atoms with Crippen LogP contribution in [0.3, 0.4) is 0 Å². The lowest BCUT2D eigenvalue weighted by molar-refractivity contribution is 0.296. The van der Waals surface area contributed by atoms with Crippen LogP contribution in [0.15, 0.2) is 42.5 Å². The number of benzene rings is 2. The van der Waals surface area contributed by atoms with Crippen LogP contribution in [-0.4, -0.2) is 16.2 Å². The first-order valence-corrected chi connectivity index (χ1v) is 8.38. The van der Waals surface area contributed by atoms with Crippen LogP contribution in [0.2, 0.25) is 0 Å². The highest BCUT2D eigenvalue weighted by molar-refractivity contribution is 5.76. The molecule has 0 amide bonds. The summed E-state index contributed by atoms with van der Waals surface area (Å²) in [6, 6.07) is 14.6. The van der Waals surface area contributed by atoms with Crippen molar-refractivity contribution in [2.75, 3.05) is 6.61 Å². The van der Waals surface area contributed by atoms with E-state index in [1.165, 1.54) is 35.3 Å². The first kappa shape index (κ1) is 14.3. The van der Waals surface area contributed by atoms with E-state index in [1.807, 2.05) is 0 Å². The molecule has 1 aliphatic carbocycles. The van der Waals surface area contributed by atoms with Crippen LogP contribution < -0.4 is 4.74 Å². The summed E-state index contributed by atoms with van der Waals surface area (Å²) >= 11 is 0. The summed E-state index contributed by atoms with van der Waals surface area (Å²) in [6.07, 6.45) is 2.53. The molecule has 1 fully saturated rings. The maximum atomic E-state index is 6.05. The van der Waals surface area contributed by atoms with E-state index in [-0.39, 0.29) is 0 Å². The van der Waals surface area contributed by atoms with Crippen LogP contribution in [0, 0.1) is 13.8 Å². The highest BCUT2D eigenvalue weighted by Gasteiger charge is 2.29. The molecule has 1 heterocycles. The molecule has 0 spiro atoms. The van der Waals surface area contributed by atoms with Crippen LogP contribution in [-0.2, 0) is 6.54 Å². The first-order valence-electron chi connectivity index (χ1n) is 8.38. The van der Waals surface area contributed by atoms with Gasteiger partial charge in [-0.05, 0) is 56.0 Å². The molecule has 3 heteroatoms. The van der Waals surface area contributed by atoms with Gasteiger partial charge in [0.15, 0.2) is 0 Å². The van der Waals surface area contributed by atoms with Crippen molar-refractivity contribution in [3.05, 3.63) is 59.4 Å². The molecule has 4 rings (SSSR count). The van der Waals surface area contributed by atoms with Crippen molar-refractivity contribution in [1.82, 2.24) is 9.55 Å². The third-order valence-corrected chi connectivity index (χ3v) is 4.75. The van der Waals surface area contributed by atoms with E-state index in [4.69, 9.17) is 9.72 Å². The Labute approximate surface area is 136 Å². The molecule has 1 aromatic heterocycles. The number of nitrogens with zero attached hydrogens (tertiary/aromatic N) is 2. The van der Waals surface area contributed by atoms with Gasteiger partial charge in [-0.2, -0.15) is 0 Å². The number of aryl methyl sites for hydroxylation is 1. The van der Waals surface area contributed by atoms with Crippen molar-refractivity contribution in [2.24, 2.45) is 0 Å². The molecule has 2 aromatic carbocycles. The lowest BCUT2D eigenvalue weighted by atomic mass is 10.1. The first-order chi connectivity index (χ1) is 11.2. The number of imidazole rings is 1. The van der Waals surface area contributed by atoms with Crippen LogP contribution in [0.25, 0.3) is 11.0 Å². The third kappa shape index (κ3) is 2.72. The van der Waals surface area contributed by atoms with Crippen molar-refractivity contribution in [3.8, 4) is 5.75 Å². The fourth-order valence-electron chi connectivity index (χ4n) is 3.11. The SMILES string of the molecule is Cc1cccc(OCCn2c(C3CC3)nc3ccccc32)c1C. The number of hydrogen-bond donors (Lipinski definition) is 0. The second-order valence-corrected chi connectivity index (χ2v) is 6.43. The normalized spacial score (nSPS) is 14.3. The van der Waals surface area contributed by atoms with Gasteiger partial charge in [0.1, 0.15) is 18.2 Å². The number of ether oxygens (including phenoxy) is 1. The zero-order valence-electron chi connectivity index (χ0n) is 13.7. The van der Waals surface area contributed by atoms with Gasteiger partial charge >= 0.3 is 0 Å². The van der Waals surface area contributed by atoms with Gasteiger partial charge in [-0.15, -0.1) is 0 Å². The minimum Gasteiger partial charge on any atom is -0.491 e. The predicted octanol–water partition coefficient (Wildman–Crippen LogP) is 4.61. The Bertz CT molecular complexity index is 846. The van der Waals surface area contributed by atoms with Crippen LogP contribution in [0.5, 0.6) is 5.75 Å². The summed E-state index contributed by atoms with van der Waals surface area (Å²) in [6.45, 7) is 5.76. The standard InChI is InChI=1S/C20H22N2O/c1-14-6-5-9-19(15(14)2)23-13-12-22-18-8-4-3-7-17(18)21-20(22)16-10-11-16/h3-9,16H,10-13H2,1-2H3. The van der Waals surface area contributed by atoms with Crippen molar-refractivity contribution < 1.29 is 4.74 Å². The van der Waals surface area contributed by atoms with Gasteiger partial charge in [0, 0.05) is 5.92 Å². The second kappa shape index (κ2) is 5.73.